The van der Waals surface area contributed by atoms with Gasteiger partial charge in [0.1, 0.15) is 5.75 Å². The number of carbonyl (C=O) groups is 2. The van der Waals surface area contributed by atoms with Gasteiger partial charge in [-0.15, -0.1) is 0 Å². The first kappa shape index (κ1) is 20.6. The molecule has 0 unspecified atom stereocenters. The lowest BCUT2D eigenvalue weighted by Crippen LogP contribution is -2.35. The van der Waals surface area contributed by atoms with Crippen molar-refractivity contribution in [2.45, 2.75) is 25.7 Å². The molecule has 0 aromatic heterocycles. The molecule has 0 saturated carbocycles. The van der Waals surface area contributed by atoms with Gasteiger partial charge in [-0.25, -0.2) is 4.79 Å². The Morgan fingerprint density at radius 1 is 0.926 bits per heavy atom. The van der Waals surface area contributed by atoms with E-state index in [0.29, 0.717) is 22.8 Å². The van der Waals surface area contributed by atoms with E-state index in [9.17, 15) is 9.59 Å². The number of likely N-dealkylation sites (tertiary alicyclic amines) is 1. The zero-order valence-electron chi connectivity index (χ0n) is 16.2. The molecule has 0 spiro atoms. The number of esters is 1. The number of hydrogen-bond donors (Lipinski definition) is 0. The van der Waals surface area contributed by atoms with Crippen molar-refractivity contribution in [1.82, 2.24) is 4.90 Å². The standard InChI is InChI=1S/C20H27NO6/c1-24-16-13-18(26-3)17(25-2)12-15(16)8-9-20(23)27-14-19(22)21-10-6-4-5-7-11-21/h8-9,12-13H,4-7,10-11,14H2,1-3H3/b9-8+. The fourth-order valence-corrected chi connectivity index (χ4v) is 2.93. The van der Waals surface area contributed by atoms with Crippen molar-refractivity contribution in [2.24, 2.45) is 0 Å². The predicted octanol–water partition coefficient (Wildman–Crippen LogP) is 2.67. The largest absolute Gasteiger partial charge is 0.496 e. The molecule has 1 aliphatic heterocycles. The highest BCUT2D eigenvalue weighted by atomic mass is 16.5. The van der Waals surface area contributed by atoms with Crippen LogP contribution in [0.4, 0.5) is 0 Å². The molecule has 0 N–H and O–H groups in total. The van der Waals surface area contributed by atoms with Crippen LogP contribution in [-0.2, 0) is 14.3 Å². The minimum absolute atomic E-state index is 0.151. The summed E-state index contributed by atoms with van der Waals surface area (Å²) in [4.78, 5) is 25.9. The van der Waals surface area contributed by atoms with E-state index in [-0.39, 0.29) is 12.5 Å². The van der Waals surface area contributed by atoms with Gasteiger partial charge >= 0.3 is 5.97 Å². The Balaban J connectivity index is 1.96. The lowest BCUT2D eigenvalue weighted by Gasteiger charge is -2.19. The summed E-state index contributed by atoms with van der Waals surface area (Å²) in [6.07, 6.45) is 7.09. The Labute approximate surface area is 159 Å². The van der Waals surface area contributed by atoms with Crippen molar-refractivity contribution in [3.8, 4) is 17.2 Å². The Hall–Kier alpha value is -2.70. The van der Waals surface area contributed by atoms with Gasteiger partial charge in [-0.1, -0.05) is 12.8 Å². The highest BCUT2D eigenvalue weighted by Crippen LogP contribution is 2.35. The molecule has 1 aliphatic rings. The molecule has 7 heteroatoms. The predicted molar refractivity (Wildman–Crippen MR) is 101 cm³/mol. The zero-order chi connectivity index (χ0) is 19.6. The average Bonchev–Trinajstić information content (AvgIpc) is 2.99. The fourth-order valence-electron chi connectivity index (χ4n) is 2.93. The van der Waals surface area contributed by atoms with Gasteiger partial charge in [-0.2, -0.15) is 0 Å². The number of ether oxygens (including phenoxy) is 4. The lowest BCUT2D eigenvalue weighted by atomic mass is 10.1. The number of methoxy groups -OCH3 is 3. The van der Waals surface area contributed by atoms with Crippen molar-refractivity contribution >= 4 is 18.0 Å². The normalized spacial score (nSPS) is 14.6. The minimum atomic E-state index is -0.588. The summed E-state index contributed by atoms with van der Waals surface area (Å²) in [5.74, 6) is 0.828. The van der Waals surface area contributed by atoms with Crippen LogP contribution in [0.5, 0.6) is 17.2 Å². The zero-order valence-corrected chi connectivity index (χ0v) is 16.2. The minimum Gasteiger partial charge on any atom is -0.496 e. The summed E-state index contributed by atoms with van der Waals surface area (Å²) in [5, 5.41) is 0. The maximum Gasteiger partial charge on any atom is 0.331 e. The van der Waals surface area contributed by atoms with Crippen molar-refractivity contribution in [3.63, 3.8) is 0 Å². The molecule has 0 radical (unpaired) electrons. The van der Waals surface area contributed by atoms with Crippen LogP contribution >= 0.6 is 0 Å². The van der Waals surface area contributed by atoms with Crippen LogP contribution in [-0.4, -0.2) is 57.8 Å². The molecule has 1 saturated heterocycles. The summed E-state index contributed by atoms with van der Waals surface area (Å²) in [6.45, 7) is 1.22. The summed E-state index contributed by atoms with van der Waals surface area (Å²) < 4.78 is 20.9. The van der Waals surface area contributed by atoms with E-state index < -0.39 is 5.97 Å². The molecule has 1 fully saturated rings. The summed E-state index contributed by atoms with van der Waals surface area (Å²) in [5.41, 5.74) is 0.631. The van der Waals surface area contributed by atoms with E-state index in [2.05, 4.69) is 0 Å². The Morgan fingerprint density at radius 2 is 1.52 bits per heavy atom. The van der Waals surface area contributed by atoms with Gasteiger partial charge in [-0.05, 0) is 25.0 Å². The van der Waals surface area contributed by atoms with Crippen LogP contribution in [0.25, 0.3) is 6.08 Å². The molecule has 1 aromatic rings. The molecule has 7 nitrogen and oxygen atoms in total. The maximum absolute atomic E-state index is 12.2. The molecule has 1 amide bonds. The lowest BCUT2D eigenvalue weighted by molar-refractivity contribution is -0.148. The van der Waals surface area contributed by atoms with E-state index >= 15 is 0 Å². The number of benzene rings is 1. The van der Waals surface area contributed by atoms with Gasteiger partial charge in [0.25, 0.3) is 5.91 Å². The van der Waals surface area contributed by atoms with Gasteiger partial charge in [0.05, 0.1) is 21.3 Å². The fraction of sp³-hybridized carbons (Fsp3) is 0.500. The topological polar surface area (TPSA) is 74.3 Å². The molecule has 0 bridgehead atoms. The number of rotatable bonds is 7. The second-order valence-corrected chi connectivity index (χ2v) is 6.19. The van der Waals surface area contributed by atoms with Crippen LogP contribution in [0, 0.1) is 0 Å². The molecule has 27 heavy (non-hydrogen) atoms. The summed E-state index contributed by atoms with van der Waals surface area (Å²) in [6, 6.07) is 3.37. The quantitative estimate of drug-likeness (QED) is 0.537. The number of carbonyl (C=O) groups excluding carboxylic acids is 2. The molecule has 0 aliphatic carbocycles. The van der Waals surface area contributed by atoms with Crippen LogP contribution in [0.2, 0.25) is 0 Å². The van der Waals surface area contributed by atoms with E-state index in [1.54, 1.807) is 23.1 Å². The SMILES string of the molecule is COc1cc(OC)c(OC)cc1/C=C/C(=O)OCC(=O)N1CCCCCC1. The molecule has 1 aromatic carbocycles. The van der Waals surface area contributed by atoms with E-state index in [4.69, 9.17) is 18.9 Å². The summed E-state index contributed by atoms with van der Waals surface area (Å²) >= 11 is 0. The van der Waals surface area contributed by atoms with Gasteiger partial charge < -0.3 is 23.8 Å². The van der Waals surface area contributed by atoms with Crippen molar-refractivity contribution in [3.05, 3.63) is 23.8 Å². The second kappa shape index (κ2) is 10.4. The monoisotopic (exact) mass is 377 g/mol. The van der Waals surface area contributed by atoms with Crippen molar-refractivity contribution in [2.75, 3.05) is 41.0 Å². The Morgan fingerprint density at radius 3 is 2.11 bits per heavy atom. The highest BCUT2D eigenvalue weighted by molar-refractivity contribution is 5.90. The molecular formula is C20H27NO6. The Kier molecular flexibility index (Phi) is 7.98. The third kappa shape index (κ3) is 5.91. The molecule has 2 rings (SSSR count). The first-order chi connectivity index (χ1) is 13.1. The highest BCUT2D eigenvalue weighted by Gasteiger charge is 2.16. The number of hydrogen-bond acceptors (Lipinski definition) is 6. The summed E-state index contributed by atoms with van der Waals surface area (Å²) in [7, 11) is 4.59. The Bertz CT molecular complexity index is 677. The smallest absolute Gasteiger partial charge is 0.331 e. The van der Waals surface area contributed by atoms with Gasteiger partial charge in [0.2, 0.25) is 0 Å². The van der Waals surface area contributed by atoms with Crippen LogP contribution < -0.4 is 14.2 Å². The van der Waals surface area contributed by atoms with E-state index in [1.807, 2.05) is 0 Å². The second-order valence-electron chi connectivity index (χ2n) is 6.19. The maximum atomic E-state index is 12.2. The average molecular weight is 377 g/mol. The molecule has 1 heterocycles. The first-order valence-electron chi connectivity index (χ1n) is 9.01. The van der Waals surface area contributed by atoms with Crippen LogP contribution in [0.1, 0.15) is 31.2 Å². The van der Waals surface area contributed by atoms with E-state index in [0.717, 1.165) is 38.8 Å². The molecule has 148 valence electrons. The van der Waals surface area contributed by atoms with Gasteiger partial charge in [-0.3, -0.25) is 4.79 Å². The third-order valence-electron chi connectivity index (χ3n) is 4.43. The van der Waals surface area contributed by atoms with Crippen LogP contribution in [0.3, 0.4) is 0 Å². The van der Waals surface area contributed by atoms with Crippen molar-refractivity contribution < 1.29 is 28.5 Å². The van der Waals surface area contributed by atoms with Gasteiger partial charge in [0.15, 0.2) is 18.1 Å². The van der Waals surface area contributed by atoms with E-state index in [1.165, 1.54) is 27.4 Å². The number of nitrogens with zero attached hydrogens (tertiary/aromatic N) is 1. The molecule has 0 atom stereocenters. The number of amides is 1. The molecular weight excluding hydrogens is 350 g/mol. The van der Waals surface area contributed by atoms with Gasteiger partial charge in [0, 0.05) is 30.8 Å². The van der Waals surface area contributed by atoms with Crippen LogP contribution in [0.15, 0.2) is 18.2 Å². The third-order valence-corrected chi connectivity index (χ3v) is 4.43. The van der Waals surface area contributed by atoms with Crippen molar-refractivity contribution in [1.29, 1.82) is 0 Å². The first-order valence-corrected chi connectivity index (χ1v) is 9.01.